The Labute approximate surface area is 143 Å². The van der Waals surface area contributed by atoms with Gasteiger partial charge < -0.3 is 5.32 Å². The number of amides is 1. The van der Waals surface area contributed by atoms with E-state index < -0.39 is 0 Å². The third kappa shape index (κ3) is 3.77. The third-order valence-corrected chi connectivity index (χ3v) is 5.52. The van der Waals surface area contributed by atoms with Gasteiger partial charge in [0.1, 0.15) is 0 Å². The van der Waals surface area contributed by atoms with Gasteiger partial charge in [0.25, 0.3) is 5.91 Å². The Kier molecular flexibility index (Phi) is 5.28. The molecule has 1 saturated heterocycles. The fourth-order valence-corrected chi connectivity index (χ4v) is 3.96. The van der Waals surface area contributed by atoms with Gasteiger partial charge in [0.05, 0.1) is 6.04 Å². The molecule has 1 aliphatic rings. The molecule has 0 radical (unpaired) electrons. The number of rotatable bonds is 5. The molecule has 1 aliphatic heterocycles. The zero-order valence-corrected chi connectivity index (χ0v) is 14.7. The fraction of sp³-hybridized carbons (Fsp3) is 0.353. The summed E-state index contributed by atoms with van der Waals surface area (Å²) in [5, 5.41) is 5.20. The molecule has 0 unspecified atom stereocenters. The van der Waals surface area contributed by atoms with E-state index in [-0.39, 0.29) is 5.91 Å². The fourth-order valence-electron chi connectivity index (χ4n) is 2.84. The van der Waals surface area contributed by atoms with E-state index in [0.29, 0.717) is 18.2 Å². The summed E-state index contributed by atoms with van der Waals surface area (Å²) in [6.07, 6.45) is 2.51. The van der Waals surface area contributed by atoms with Gasteiger partial charge in [-0.25, -0.2) is 0 Å². The van der Waals surface area contributed by atoms with Gasteiger partial charge in [0.15, 0.2) is 0 Å². The maximum absolute atomic E-state index is 12.3. The third-order valence-electron chi connectivity index (χ3n) is 4.02. The highest BCUT2D eigenvalue weighted by atomic mass is 79.9. The molecule has 1 aromatic heterocycles. The van der Waals surface area contributed by atoms with Gasteiger partial charge in [-0.05, 0) is 61.6 Å². The number of thiophene rings is 1. The van der Waals surface area contributed by atoms with Crippen molar-refractivity contribution in [2.45, 2.75) is 18.9 Å². The number of carbonyl (C=O) groups is 1. The summed E-state index contributed by atoms with van der Waals surface area (Å²) < 4.78 is 0.984. The van der Waals surface area contributed by atoms with Crippen molar-refractivity contribution in [3.05, 3.63) is 56.7 Å². The molecule has 0 spiro atoms. The number of carbonyl (C=O) groups excluding carboxylic acids is 1. The Balaban J connectivity index is 1.66. The van der Waals surface area contributed by atoms with Gasteiger partial charge in [-0.2, -0.15) is 0 Å². The van der Waals surface area contributed by atoms with Gasteiger partial charge in [-0.3, -0.25) is 9.69 Å². The van der Waals surface area contributed by atoms with E-state index in [1.807, 2.05) is 24.3 Å². The van der Waals surface area contributed by atoms with Gasteiger partial charge in [0.2, 0.25) is 0 Å². The predicted molar refractivity (Wildman–Crippen MR) is 94.3 cm³/mol. The summed E-state index contributed by atoms with van der Waals surface area (Å²) in [5.41, 5.74) is 0.703. The van der Waals surface area contributed by atoms with E-state index in [9.17, 15) is 4.79 Å². The number of hydrogen-bond donors (Lipinski definition) is 1. The van der Waals surface area contributed by atoms with Crippen LogP contribution in [0.3, 0.4) is 0 Å². The lowest BCUT2D eigenvalue weighted by Crippen LogP contribution is -2.36. The van der Waals surface area contributed by atoms with E-state index in [1.54, 1.807) is 11.3 Å². The number of benzene rings is 1. The Morgan fingerprint density at radius 2 is 1.95 bits per heavy atom. The Bertz CT molecular complexity index is 606. The molecule has 22 heavy (non-hydrogen) atoms. The monoisotopic (exact) mass is 378 g/mol. The summed E-state index contributed by atoms with van der Waals surface area (Å²) in [4.78, 5) is 16.1. The van der Waals surface area contributed by atoms with Crippen molar-refractivity contribution < 1.29 is 4.79 Å². The van der Waals surface area contributed by atoms with Crippen molar-refractivity contribution in [3.63, 3.8) is 0 Å². The van der Waals surface area contributed by atoms with Crippen molar-refractivity contribution >= 4 is 33.2 Å². The molecule has 0 aliphatic carbocycles. The van der Waals surface area contributed by atoms with Gasteiger partial charge in [0, 0.05) is 21.5 Å². The molecule has 1 aromatic carbocycles. The number of likely N-dealkylation sites (tertiary alicyclic amines) is 1. The van der Waals surface area contributed by atoms with Crippen LogP contribution in [0.25, 0.3) is 0 Å². The Hall–Kier alpha value is -1.17. The van der Waals surface area contributed by atoms with Crippen LogP contribution in [-0.4, -0.2) is 30.4 Å². The molecule has 1 fully saturated rings. The van der Waals surface area contributed by atoms with Crippen LogP contribution >= 0.6 is 27.3 Å². The van der Waals surface area contributed by atoms with Crippen molar-refractivity contribution in [2.75, 3.05) is 19.6 Å². The van der Waals surface area contributed by atoms with Crippen LogP contribution in [0.4, 0.5) is 0 Å². The van der Waals surface area contributed by atoms with Gasteiger partial charge in [-0.1, -0.05) is 22.0 Å². The minimum Gasteiger partial charge on any atom is -0.350 e. The topological polar surface area (TPSA) is 32.3 Å². The summed E-state index contributed by atoms with van der Waals surface area (Å²) in [6.45, 7) is 2.91. The average molecular weight is 379 g/mol. The summed E-state index contributed by atoms with van der Waals surface area (Å²) >= 11 is 5.16. The van der Waals surface area contributed by atoms with E-state index >= 15 is 0 Å². The van der Waals surface area contributed by atoms with Crippen LogP contribution in [0.15, 0.2) is 46.3 Å². The number of halogens is 1. The Morgan fingerprint density at radius 3 is 2.59 bits per heavy atom. The summed E-state index contributed by atoms with van der Waals surface area (Å²) in [7, 11) is 0. The summed E-state index contributed by atoms with van der Waals surface area (Å²) in [5.74, 6) is -0.00625. The maximum Gasteiger partial charge on any atom is 0.251 e. The first-order chi connectivity index (χ1) is 10.7. The molecule has 3 rings (SSSR count). The molecule has 116 valence electrons. The lowest BCUT2D eigenvalue weighted by atomic mass is 10.2. The summed E-state index contributed by atoms with van der Waals surface area (Å²) in [6, 6.07) is 12.0. The zero-order chi connectivity index (χ0) is 15.4. The lowest BCUT2D eigenvalue weighted by Gasteiger charge is -2.26. The molecule has 2 heterocycles. The molecule has 1 atom stereocenters. The van der Waals surface area contributed by atoms with E-state index in [2.05, 4.69) is 43.7 Å². The molecule has 1 amide bonds. The Morgan fingerprint density at radius 1 is 1.23 bits per heavy atom. The second kappa shape index (κ2) is 7.40. The highest BCUT2D eigenvalue weighted by Gasteiger charge is 2.24. The van der Waals surface area contributed by atoms with E-state index in [4.69, 9.17) is 0 Å². The minimum absolute atomic E-state index is 0.00625. The van der Waals surface area contributed by atoms with Crippen molar-refractivity contribution in [1.82, 2.24) is 10.2 Å². The first-order valence-electron chi connectivity index (χ1n) is 7.55. The van der Waals surface area contributed by atoms with Gasteiger partial charge >= 0.3 is 0 Å². The number of hydrogen-bond acceptors (Lipinski definition) is 3. The predicted octanol–water partition coefficient (Wildman–Crippen LogP) is 4.08. The van der Waals surface area contributed by atoms with Crippen LogP contribution < -0.4 is 5.32 Å². The zero-order valence-electron chi connectivity index (χ0n) is 12.3. The molecule has 0 bridgehead atoms. The first kappa shape index (κ1) is 15.7. The van der Waals surface area contributed by atoms with Crippen molar-refractivity contribution in [2.24, 2.45) is 0 Å². The molecule has 3 nitrogen and oxygen atoms in total. The van der Waals surface area contributed by atoms with Crippen LogP contribution in [0.5, 0.6) is 0 Å². The second-order valence-electron chi connectivity index (χ2n) is 5.49. The maximum atomic E-state index is 12.3. The van der Waals surface area contributed by atoms with Crippen molar-refractivity contribution in [1.29, 1.82) is 0 Å². The van der Waals surface area contributed by atoms with Crippen molar-refractivity contribution in [3.8, 4) is 0 Å². The van der Waals surface area contributed by atoms with Crippen LogP contribution in [0.1, 0.15) is 34.1 Å². The van der Waals surface area contributed by atoms with E-state index in [1.165, 1.54) is 17.7 Å². The smallest absolute Gasteiger partial charge is 0.251 e. The van der Waals surface area contributed by atoms with Crippen LogP contribution in [0.2, 0.25) is 0 Å². The quantitative estimate of drug-likeness (QED) is 0.849. The molecule has 0 saturated carbocycles. The van der Waals surface area contributed by atoms with E-state index in [0.717, 1.165) is 17.6 Å². The average Bonchev–Trinajstić information content (AvgIpc) is 3.22. The molecule has 5 heteroatoms. The lowest BCUT2D eigenvalue weighted by molar-refractivity contribution is 0.0938. The van der Waals surface area contributed by atoms with Crippen LogP contribution in [-0.2, 0) is 0 Å². The SMILES string of the molecule is O=C(NC[C@@H](c1cccs1)N1CCCC1)c1ccc(Br)cc1. The highest BCUT2D eigenvalue weighted by molar-refractivity contribution is 9.10. The number of nitrogens with zero attached hydrogens (tertiary/aromatic N) is 1. The standard InChI is InChI=1S/C17H19BrN2OS/c18-14-7-5-13(6-8-14)17(21)19-12-15(16-4-3-11-22-16)20-9-1-2-10-20/h3-8,11,15H,1-2,9-10,12H2,(H,19,21)/t15-/m0/s1. The van der Waals surface area contributed by atoms with Gasteiger partial charge in [-0.15, -0.1) is 11.3 Å². The minimum atomic E-state index is -0.00625. The number of nitrogens with one attached hydrogen (secondary N) is 1. The molecular weight excluding hydrogens is 360 g/mol. The largest absolute Gasteiger partial charge is 0.350 e. The second-order valence-corrected chi connectivity index (χ2v) is 7.39. The normalized spacial score (nSPS) is 16.6. The first-order valence-corrected chi connectivity index (χ1v) is 9.22. The molecular formula is C17H19BrN2OS. The highest BCUT2D eigenvalue weighted by Crippen LogP contribution is 2.27. The van der Waals surface area contributed by atoms with Crippen LogP contribution in [0, 0.1) is 0 Å². The molecule has 1 N–H and O–H groups in total. The molecule has 2 aromatic rings.